The Balaban J connectivity index is 2.65. The second-order valence-electron chi connectivity index (χ2n) is 4.78. The summed E-state index contributed by atoms with van der Waals surface area (Å²) in [5.74, 6) is 0. The standard InChI is InChI=1S/C15H15Cl2NO2S/c1-11(2)18(12-7-4-3-5-8-12)21(19,20)15-13(16)9-6-10-14(15)17/h3-11H,1-2H3. The SMILES string of the molecule is CC(C)N(c1ccccc1)S(=O)(=O)c1c(Cl)cccc1Cl. The van der Waals surface area contributed by atoms with Gasteiger partial charge in [0, 0.05) is 6.04 Å². The Hall–Kier alpha value is -1.23. The number of rotatable bonds is 4. The molecule has 112 valence electrons. The van der Waals surface area contributed by atoms with Crippen molar-refractivity contribution >= 4 is 38.9 Å². The molecule has 0 heterocycles. The van der Waals surface area contributed by atoms with E-state index in [2.05, 4.69) is 0 Å². The van der Waals surface area contributed by atoms with Gasteiger partial charge in [-0.05, 0) is 38.1 Å². The normalized spacial score (nSPS) is 11.7. The highest BCUT2D eigenvalue weighted by Crippen LogP contribution is 2.34. The third kappa shape index (κ3) is 3.18. The minimum atomic E-state index is -3.85. The minimum Gasteiger partial charge on any atom is -0.264 e. The van der Waals surface area contributed by atoms with Crippen molar-refractivity contribution in [1.29, 1.82) is 0 Å². The van der Waals surface area contributed by atoms with Crippen LogP contribution in [0, 0.1) is 0 Å². The Kier molecular flexibility index (Phi) is 4.81. The third-order valence-electron chi connectivity index (χ3n) is 2.92. The molecule has 0 spiro atoms. The van der Waals surface area contributed by atoms with E-state index in [0.717, 1.165) is 0 Å². The lowest BCUT2D eigenvalue weighted by Crippen LogP contribution is -2.37. The number of benzene rings is 2. The fourth-order valence-corrected chi connectivity index (χ4v) is 4.88. The molecule has 0 aromatic heterocycles. The van der Waals surface area contributed by atoms with Gasteiger partial charge in [0.1, 0.15) is 4.90 Å². The molecule has 0 saturated carbocycles. The van der Waals surface area contributed by atoms with Crippen molar-refractivity contribution in [1.82, 2.24) is 0 Å². The minimum absolute atomic E-state index is 0.0640. The Labute approximate surface area is 135 Å². The Bertz CT molecular complexity index is 710. The first-order valence-corrected chi connectivity index (χ1v) is 8.59. The van der Waals surface area contributed by atoms with Gasteiger partial charge in [-0.2, -0.15) is 0 Å². The van der Waals surface area contributed by atoms with E-state index < -0.39 is 10.0 Å². The summed E-state index contributed by atoms with van der Waals surface area (Å²) in [6.07, 6.45) is 0. The van der Waals surface area contributed by atoms with Crippen LogP contribution in [0.2, 0.25) is 10.0 Å². The lowest BCUT2D eigenvalue weighted by molar-refractivity contribution is 0.584. The molecular formula is C15H15Cl2NO2S. The summed E-state index contributed by atoms with van der Waals surface area (Å²) in [5.41, 5.74) is 0.573. The molecule has 3 nitrogen and oxygen atoms in total. The second-order valence-corrected chi connectivity index (χ2v) is 7.35. The van der Waals surface area contributed by atoms with Gasteiger partial charge in [0.15, 0.2) is 0 Å². The first-order valence-electron chi connectivity index (χ1n) is 6.39. The molecule has 0 amide bonds. The van der Waals surface area contributed by atoms with Crippen molar-refractivity contribution < 1.29 is 8.42 Å². The van der Waals surface area contributed by atoms with E-state index in [4.69, 9.17) is 23.2 Å². The van der Waals surface area contributed by atoms with Crippen LogP contribution in [0.3, 0.4) is 0 Å². The highest BCUT2D eigenvalue weighted by atomic mass is 35.5. The van der Waals surface area contributed by atoms with Gasteiger partial charge in [-0.1, -0.05) is 47.5 Å². The van der Waals surface area contributed by atoms with E-state index in [1.807, 2.05) is 6.07 Å². The average molecular weight is 344 g/mol. The predicted molar refractivity (Wildman–Crippen MR) is 87.7 cm³/mol. The van der Waals surface area contributed by atoms with Gasteiger partial charge in [-0.25, -0.2) is 8.42 Å². The number of halogens is 2. The summed E-state index contributed by atoms with van der Waals surface area (Å²) >= 11 is 12.1. The summed E-state index contributed by atoms with van der Waals surface area (Å²) in [6.45, 7) is 3.60. The number of para-hydroxylation sites is 1. The summed E-state index contributed by atoms with van der Waals surface area (Å²) in [4.78, 5) is -0.0640. The molecule has 6 heteroatoms. The zero-order chi connectivity index (χ0) is 15.6. The molecule has 2 rings (SSSR count). The molecule has 0 aliphatic rings. The lowest BCUT2D eigenvalue weighted by atomic mass is 10.3. The number of hydrogen-bond donors (Lipinski definition) is 0. The van der Waals surface area contributed by atoms with Crippen LogP contribution in [0.15, 0.2) is 53.4 Å². The van der Waals surface area contributed by atoms with Gasteiger partial charge in [0.25, 0.3) is 10.0 Å². The Morgan fingerprint density at radius 3 is 1.90 bits per heavy atom. The molecule has 0 fully saturated rings. The second kappa shape index (κ2) is 6.26. The van der Waals surface area contributed by atoms with Gasteiger partial charge in [-0.3, -0.25) is 4.31 Å². The molecule has 0 bridgehead atoms. The van der Waals surface area contributed by atoms with Crippen LogP contribution in [0.1, 0.15) is 13.8 Å². The quantitative estimate of drug-likeness (QED) is 0.813. The predicted octanol–water partition coefficient (Wildman–Crippen LogP) is 4.60. The average Bonchev–Trinajstić information content (AvgIpc) is 2.38. The van der Waals surface area contributed by atoms with Crippen molar-refractivity contribution in [2.45, 2.75) is 24.8 Å². The summed E-state index contributed by atoms with van der Waals surface area (Å²) in [5, 5.41) is 0.230. The van der Waals surface area contributed by atoms with Gasteiger partial charge < -0.3 is 0 Å². The topological polar surface area (TPSA) is 37.4 Å². The first kappa shape index (κ1) is 16.1. The lowest BCUT2D eigenvalue weighted by Gasteiger charge is -2.29. The van der Waals surface area contributed by atoms with E-state index in [9.17, 15) is 8.42 Å². The molecule has 2 aromatic rings. The zero-order valence-electron chi connectivity index (χ0n) is 11.6. The van der Waals surface area contributed by atoms with E-state index in [0.29, 0.717) is 5.69 Å². The van der Waals surface area contributed by atoms with Crippen molar-refractivity contribution in [2.75, 3.05) is 4.31 Å². The summed E-state index contributed by atoms with van der Waals surface area (Å²) in [6, 6.07) is 13.3. The molecule has 0 saturated heterocycles. The van der Waals surface area contributed by atoms with E-state index in [1.54, 1.807) is 44.2 Å². The van der Waals surface area contributed by atoms with Crippen molar-refractivity contribution in [2.24, 2.45) is 0 Å². The number of anilines is 1. The molecule has 0 unspecified atom stereocenters. The van der Waals surface area contributed by atoms with Crippen molar-refractivity contribution in [3.8, 4) is 0 Å². The van der Waals surface area contributed by atoms with Crippen LogP contribution in [0.25, 0.3) is 0 Å². The monoisotopic (exact) mass is 343 g/mol. The first-order chi connectivity index (χ1) is 9.85. The fraction of sp³-hybridized carbons (Fsp3) is 0.200. The number of sulfonamides is 1. The smallest absolute Gasteiger partial charge is 0.264 e. The Morgan fingerprint density at radius 2 is 1.43 bits per heavy atom. The third-order valence-corrected chi connectivity index (χ3v) is 5.88. The van der Waals surface area contributed by atoms with Crippen LogP contribution in [0.4, 0.5) is 5.69 Å². The van der Waals surface area contributed by atoms with Crippen LogP contribution in [-0.4, -0.2) is 14.5 Å². The molecule has 0 atom stereocenters. The fourth-order valence-electron chi connectivity index (χ4n) is 2.12. The van der Waals surface area contributed by atoms with Gasteiger partial charge in [0.05, 0.1) is 15.7 Å². The zero-order valence-corrected chi connectivity index (χ0v) is 14.0. The van der Waals surface area contributed by atoms with Crippen LogP contribution >= 0.6 is 23.2 Å². The van der Waals surface area contributed by atoms with Gasteiger partial charge in [-0.15, -0.1) is 0 Å². The van der Waals surface area contributed by atoms with E-state index in [-0.39, 0.29) is 21.0 Å². The maximum Gasteiger partial charge on any atom is 0.267 e. The summed E-state index contributed by atoms with van der Waals surface area (Å²) < 4.78 is 27.3. The summed E-state index contributed by atoms with van der Waals surface area (Å²) in [7, 11) is -3.85. The van der Waals surface area contributed by atoms with Crippen LogP contribution < -0.4 is 4.31 Å². The maximum atomic E-state index is 13.0. The molecule has 0 aliphatic heterocycles. The van der Waals surface area contributed by atoms with Gasteiger partial charge >= 0.3 is 0 Å². The molecular weight excluding hydrogens is 329 g/mol. The van der Waals surface area contributed by atoms with Crippen molar-refractivity contribution in [3.63, 3.8) is 0 Å². The Morgan fingerprint density at radius 1 is 0.905 bits per heavy atom. The number of hydrogen-bond acceptors (Lipinski definition) is 2. The van der Waals surface area contributed by atoms with E-state index in [1.165, 1.54) is 16.4 Å². The highest BCUT2D eigenvalue weighted by Gasteiger charge is 2.31. The molecule has 0 aliphatic carbocycles. The number of nitrogens with zero attached hydrogens (tertiary/aromatic N) is 1. The van der Waals surface area contributed by atoms with Crippen molar-refractivity contribution in [3.05, 3.63) is 58.6 Å². The maximum absolute atomic E-state index is 13.0. The van der Waals surface area contributed by atoms with Crippen LogP contribution in [0.5, 0.6) is 0 Å². The largest absolute Gasteiger partial charge is 0.267 e. The molecule has 21 heavy (non-hydrogen) atoms. The van der Waals surface area contributed by atoms with E-state index >= 15 is 0 Å². The van der Waals surface area contributed by atoms with Crippen LogP contribution in [-0.2, 0) is 10.0 Å². The molecule has 2 aromatic carbocycles. The van der Waals surface area contributed by atoms with Gasteiger partial charge in [0.2, 0.25) is 0 Å². The molecule has 0 N–H and O–H groups in total. The highest BCUT2D eigenvalue weighted by molar-refractivity contribution is 7.93. The molecule has 0 radical (unpaired) electrons.